The summed E-state index contributed by atoms with van der Waals surface area (Å²) in [7, 11) is 0. The Bertz CT molecular complexity index is 766. The van der Waals surface area contributed by atoms with Crippen LogP contribution in [0, 0.1) is 0 Å². The van der Waals surface area contributed by atoms with Crippen LogP contribution < -0.4 is 22.0 Å². The number of anilines is 1. The van der Waals surface area contributed by atoms with E-state index >= 15 is 0 Å². The molecule has 0 spiro atoms. The van der Waals surface area contributed by atoms with Crippen molar-refractivity contribution >= 4 is 17.9 Å². The lowest BCUT2D eigenvalue weighted by Crippen LogP contribution is -2.28. The van der Waals surface area contributed by atoms with Crippen LogP contribution in [0.4, 0.5) is 5.82 Å². The molecule has 0 unspecified atom stereocenters. The number of hydrogen-bond acceptors (Lipinski definition) is 7. The van der Waals surface area contributed by atoms with Crippen LogP contribution in [0.2, 0.25) is 0 Å². The first-order chi connectivity index (χ1) is 10.6. The van der Waals surface area contributed by atoms with Crippen LogP contribution in [0.25, 0.3) is 0 Å². The van der Waals surface area contributed by atoms with Crippen LogP contribution in [0.15, 0.2) is 39.1 Å². The Labute approximate surface area is 123 Å². The SMILES string of the molecule is O=C(CCNc1n[nH]c(=O)[nH]c1=O)N/N=C/c1ccccn1. The molecule has 0 aromatic carbocycles. The van der Waals surface area contributed by atoms with Crippen molar-refractivity contribution in [2.45, 2.75) is 6.42 Å². The normalized spacial score (nSPS) is 10.5. The second-order valence-corrected chi connectivity index (χ2v) is 4.08. The van der Waals surface area contributed by atoms with E-state index in [0.717, 1.165) is 0 Å². The number of carbonyl (C=O) groups excluding carboxylic acids is 1. The number of carbonyl (C=O) groups is 1. The lowest BCUT2D eigenvalue weighted by atomic mass is 10.4. The van der Waals surface area contributed by atoms with Crippen LogP contribution in [0.3, 0.4) is 0 Å². The Balaban J connectivity index is 1.75. The van der Waals surface area contributed by atoms with E-state index in [2.05, 4.69) is 31.0 Å². The van der Waals surface area contributed by atoms with Crippen molar-refractivity contribution in [1.82, 2.24) is 25.6 Å². The molecule has 10 heteroatoms. The Hall–Kier alpha value is -3.30. The van der Waals surface area contributed by atoms with Crippen LogP contribution in [0.1, 0.15) is 12.1 Å². The molecule has 0 saturated carbocycles. The lowest BCUT2D eigenvalue weighted by molar-refractivity contribution is -0.120. The summed E-state index contributed by atoms with van der Waals surface area (Å²) in [6.07, 6.45) is 3.10. The second-order valence-electron chi connectivity index (χ2n) is 4.08. The van der Waals surface area contributed by atoms with Gasteiger partial charge in [-0.05, 0) is 12.1 Å². The van der Waals surface area contributed by atoms with Crippen molar-refractivity contribution in [2.24, 2.45) is 5.10 Å². The Morgan fingerprint density at radius 3 is 2.95 bits per heavy atom. The quantitative estimate of drug-likeness (QED) is 0.390. The van der Waals surface area contributed by atoms with Crippen molar-refractivity contribution < 1.29 is 4.79 Å². The molecular formula is C12H13N7O3. The maximum atomic E-state index is 11.5. The molecule has 2 rings (SSSR count). The average Bonchev–Trinajstić information content (AvgIpc) is 2.50. The molecule has 0 aliphatic rings. The number of hydrogen-bond donors (Lipinski definition) is 4. The number of H-pyrrole nitrogens is 2. The van der Waals surface area contributed by atoms with E-state index in [-0.39, 0.29) is 24.7 Å². The summed E-state index contributed by atoms with van der Waals surface area (Å²) in [4.78, 5) is 39.6. The zero-order valence-corrected chi connectivity index (χ0v) is 11.4. The molecule has 2 aromatic heterocycles. The molecule has 0 atom stereocenters. The van der Waals surface area contributed by atoms with Gasteiger partial charge in [0.15, 0.2) is 0 Å². The zero-order chi connectivity index (χ0) is 15.8. The van der Waals surface area contributed by atoms with E-state index in [4.69, 9.17) is 0 Å². The first-order valence-electron chi connectivity index (χ1n) is 6.31. The molecule has 0 fully saturated rings. The van der Waals surface area contributed by atoms with Crippen LogP contribution >= 0.6 is 0 Å². The fourth-order valence-corrected chi connectivity index (χ4v) is 1.44. The summed E-state index contributed by atoms with van der Waals surface area (Å²) >= 11 is 0. The monoisotopic (exact) mass is 303 g/mol. The van der Waals surface area contributed by atoms with Gasteiger partial charge in [0.25, 0.3) is 5.56 Å². The van der Waals surface area contributed by atoms with E-state index < -0.39 is 11.2 Å². The molecule has 2 aromatic rings. The molecule has 0 radical (unpaired) electrons. The summed E-state index contributed by atoms with van der Waals surface area (Å²) in [5.41, 5.74) is 1.59. The van der Waals surface area contributed by atoms with Crippen LogP contribution in [-0.2, 0) is 4.79 Å². The minimum Gasteiger partial charge on any atom is -0.364 e. The topological polar surface area (TPSA) is 145 Å². The van der Waals surface area contributed by atoms with Gasteiger partial charge in [-0.3, -0.25) is 19.6 Å². The van der Waals surface area contributed by atoms with E-state index in [1.54, 1.807) is 24.4 Å². The molecule has 114 valence electrons. The number of rotatable bonds is 6. The number of nitrogens with zero attached hydrogens (tertiary/aromatic N) is 3. The third-order valence-electron chi connectivity index (χ3n) is 2.43. The number of aromatic amines is 2. The Morgan fingerprint density at radius 1 is 1.36 bits per heavy atom. The Kier molecular flexibility index (Phi) is 5.13. The third-order valence-corrected chi connectivity index (χ3v) is 2.43. The van der Waals surface area contributed by atoms with Gasteiger partial charge in [0.2, 0.25) is 11.7 Å². The number of hydrazone groups is 1. The van der Waals surface area contributed by atoms with Gasteiger partial charge in [0, 0.05) is 19.2 Å². The van der Waals surface area contributed by atoms with Gasteiger partial charge in [-0.15, -0.1) is 5.10 Å². The molecule has 0 aliphatic heterocycles. The van der Waals surface area contributed by atoms with Crippen LogP contribution in [0.5, 0.6) is 0 Å². The molecule has 1 amide bonds. The standard InChI is InChI=1S/C12H13N7O3/c20-9(17-15-7-8-3-1-2-5-13-8)4-6-14-10-11(21)16-12(22)19-18-10/h1-3,5,7H,4,6H2,(H,14,18)(H,17,20)(H2,16,19,21,22)/b15-7+. The second kappa shape index (κ2) is 7.47. The zero-order valence-electron chi connectivity index (χ0n) is 11.4. The minimum absolute atomic E-state index is 0.0654. The average molecular weight is 303 g/mol. The molecular weight excluding hydrogens is 290 g/mol. The van der Waals surface area contributed by atoms with E-state index in [1.807, 2.05) is 4.98 Å². The molecule has 4 N–H and O–H groups in total. The van der Waals surface area contributed by atoms with Crippen LogP contribution in [-0.4, -0.2) is 38.8 Å². The maximum absolute atomic E-state index is 11.5. The van der Waals surface area contributed by atoms with Gasteiger partial charge < -0.3 is 5.32 Å². The van der Waals surface area contributed by atoms with Gasteiger partial charge in [-0.1, -0.05) is 6.07 Å². The first-order valence-corrected chi connectivity index (χ1v) is 6.31. The summed E-state index contributed by atoms with van der Waals surface area (Å²) in [6.45, 7) is 0.160. The highest BCUT2D eigenvalue weighted by Gasteiger charge is 2.03. The molecule has 0 bridgehead atoms. The minimum atomic E-state index is -0.697. The maximum Gasteiger partial charge on any atom is 0.342 e. The van der Waals surface area contributed by atoms with Crippen molar-refractivity contribution in [2.75, 3.05) is 11.9 Å². The summed E-state index contributed by atoms with van der Waals surface area (Å²) in [5, 5.41) is 12.0. The van der Waals surface area contributed by atoms with E-state index in [1.165, 1.54) is 6.21 Å². The van der Waals surface area contributed by atoms with Crippen molar-refractivity contribution in [3.8, 4) is 0 Å². The highest BCUT2D eigenvalue weighted by atomic mass is 16.2. The summed E-state index contributed by atoms with van der Waals surface area (Å²) < 4.78 is 0. The van der Waals surface area contributed by atoms with Gasteiger partial charge in [0.05, 0.1) is 11.9 Å². The van der Waals surface area contributed by atoms with E-state index in [0.29, 0.717) is 5.69 Å². The van der Waals surface area contributed by atoms with Gasteiger partial charge >= 0.3 is 5.69 Å². The van der Waals surface area contributed by atoms with E-state index in [9.17, 15) is 14.4 Å². The Morgan fingerprint density at radius 2 is 2.23 bits per heavy atom. The molecule has 0 aliphatic carbocycles. The molecule has 22 heavy (non-hydrogen) atoms. The third kappa shape index (κ3) is 4.67. The summed E-state index contributed by atoms with van der Waals surface area (Å²) in [5.74, 6) is -0.412. The van der Waals surface area contributed by atoms with Gasteiger partial charge in [-0.25, -0.2) is 15.3 Å². The number of amides is 1. The summed E-state index contributed by atoms with van der Waals surface area (Å²) in [6, 6.07) is 5.31. The molecule has 2 heterocycles. The smallest absolute Gasteiger partial charge is 0.342 e. The fraction of sp³-hybridized carbons (Fsp3) is 0.167. The predicted octanol–water partition coefficient (Wildman–Crippen LogP) is -1.19. The van der Waals surface area contributed by atoms with Gasteiger partial charge in [0.1, 0.15) is 0 Å². The predicted molar refractivity (Wildman–Crippen MR) is 78.6 cm³/mol. The fourth-order valence-electron chi connectivity index (χ4n) is 1.44. The number of aromatic nitrogens is 4. The highest BCUT2D eigenvalue weighted by Crippen LogP contribution is 1.89. The van der Waals surface area contributed by atoms with Crippen molar-refractivity contribution in [3.63, 3.8) is 0 Å². The molecule has 10 nitrogen and oxygen atoms in total. The molecule has 0 saturated heterocycles. The largest absolute Gasteiger partial charge is 0.364 e. The highest BCUT2D eigenvalue weighted by molar-refractivity contribution is 5.80. The van der Waals surface area contributed by atoms with Crippen molar-refractivity contribution in [1.29, 1.82) is 0 Å². The van der Waals surface area contributed by atoms with Gasteiger partial charge in [-0.2, -0.15) is 5.10 Å². The lowest BCUT2D eigenvalue weighted by Gasteiger charge is -2.02. The van der Waals surface area contributed by atoms with Crippen molar-refractivity contribution in [3.05, 3.63) is 50.9 Å². The first kappa shape index (κ1) is 15.1. The number of nitrogens with one attached hydrogen (secondary N) is 4. The number of pyridine rings is 1.